The van der Waals surface area contributed by atoms with E-state index in [4.69, 9.17) is 14.2 Å². The zero-order valence-electron chi connectivity index (χ0n) is 24.4. The molecular weight excluding hydrogens is 590 g/mol. The third-order valence-corrected chi connectivity index (χ3v) is 7.69. The fourth-order valence-corrected chi connectivity index (χ4v) is 5.34. The molecule has 1 heterocycles. The van der Waals surface area contributed by atoms with E-state index in [9.17, 15) is 31.1 Å². The van der Waals surface area contributed by atoms with E-state index < -0.39 is 42.2 Å². The van der Waals surface area contributed by atoms with Crippen molar-refractivity contribution in [2.75, 3.05) is 32.8 Å². The van der Waals surface area contributed by atoms with Crippen LogP contribution in [0.2, 0.25) is 0 Å². The molecule has 2 atom stereocenters. The monoisotopic (exact) mass is 626 g/mol. The second-order valence-corrected chi connectivity index (χ2v) is 10.2. The molecule has 2 aromatic carbocycles. The zero-order chi connectivity index (χ0) is 30.7. The molecule has 0 aliphatic carbocycles. The number of benzene rings is 2. The van der Waals surface area contributed by atoms with Crippen LogP contribution in [0.3, 0.4) is 0 Å². The van der Waals surface area contributed by atoms with E-state index in [1.54, 1.807) is 12.1 Å². The molecule has 0 saturated carbocycles. The summed E-state index contributed by atoms with van der Waals surface area (Å²) < 4.78 is 97.4. The quantitative estimate of drug-likeness (QED) is 0.261. The first-order valence-electron chi connectivity index (χ1n) is 13.3. The molecule has 0 spiro atoms. The van der Waals surface area contributed by atoms with Crippen LogP contribution in [0.4, 0.5) is 36.8 Å². The summed E-state index contributed by atoms with van der Waals surface area (Å²) in [7, 11) is 4.06. The number of carbonyl (C=O) groups excluding carboxylic acids is 1. The summed E-state index contributed by atoms with van der Waals surface area (Å²) >= 11 is 0. The summed E-state index contributed by atoms with van der Waals surface area (Å²) in [6.07, 6.45) is -8.69. The SMILES string of the molecule is CCC(CC)CN1c2cc(OC)c(OC)cc2C(N(Cc2cc(C(F)(F)F)cc(C(F)(F)F)c2)C(=O)OC)CC1C.Cl. The van der Waals surface area contributed by atoms with E-state index in [0.29, 0.717) is 48.1 Å². The Morgan fingerprint density at radius 3 is 1.90 bits per heavy atom. The van der Waals surface area contributed by atoms with Crippen LogP contribution < -0.4 is 14.4 Å². The zero-order valence-corrected chi connectivity index (χ0v) is 25.2. The van der Waals surface area contributed by atoms with Crippen LogP contribution in [-0.4, -0.2) is 44.9 Å². The lowest BCUT2D eigenvalue weighted by atomic mass is 9.88. The van der Waals surface area contributed by atoms with Crippen molar-refractivity contribution in [2.24, 2.45) is 5.92 Å². The first-order valence-corrected chi connectivity index (χ1v) is 13.3. The molecule has 1 aliphatic heterocycles. The van der Waals surface area contributed by atoms with Crippen molar-refractivity contribution < 1.29 is 45.3 Å². The highest BCUT2D eigenvalue weighted by Crippen LogP contribution is 2.47. The van der Waals surface area contributed by atoms with E-state index in [2.05, 4.69) is 18.7 Å². The molecule has 42 heavy (non-hydrogen) atoms. The Balaban J connectivity index is 0.00000616. The summed E-state index contributed by atoms with van der Waals surface area (Å²) in [5.41, 5.74) is -1.86. The number of amides is 1. The van der Waals surface area contributed by atoms with Crippen LogP contribution >= 0.6 is 12.4 Å². The van der Waals surface area contributed by atoms with Crippen molar-refractivity contribution in [3.05, 3.63) is 52.6 Å². The third-order valence-electron chi connectivity index (χ3n) is 7.69. The van der Waals surface area contributed by atoms with E-state index in [1.165, 1.54) is 19.1 Å². The molecule has 0 saturated heterocycles. The highest BCUT2D eigenvalue weighted by atomic mass is 35.5. The number of hydrogen-bond donors (Lipinski definition) is 0. The molecule has 0 bridgehead atoms. The minimum atomic E-state index is -5.02. The van der Waals surface area contributed by atoms with Gasteiger partial charge < -0.3 is 19.1 Å². The maximum atomic E-state index is 13.6. The molecule has 0 radical (unpaired) electrons. The van der Waals surface area contributed by atoms with E-state index in [0.717, 1.165) is 25.6 Å². The van der Waals surface area contributed by atoms with Crippen LogP contribution in [0.1, 0.15) is 68.3 Å². The topological polar surface area (TPSA) is 51.2 Å². The van der Waals surface area contributed by atoms with Crippen molar-refractivity contribution >= 4 is 24.2 Å². The predicted molar refractivity (Wildman–Crippen MR) is 149 cm³/mol. The minimum Gasteiger partial charge on any atom is -0.493 e. The molecule has 13 heteroatoms. The molecule has 1 aliphatic rings. The highest BCUT2D eigenvalue weighted by Gasteiger charge is 2.40. The first-order chi connectivity index (χ1) is 19.2. The number of hydrogen-bond acceptors (Lipinski definition) is 5. The molecule has 0 fully saturated rings. The number of halogens is 7. The summed E-state index contributed by atoms with van der Waals surface area (Å²) in [5.74, 6) is 1.19. The number of ether oxygens (including phenoxy) is 3. The Kier molecular flexibility index (Phi) is 11.7. The largest absolute Gasteiger partial charge is 0.493 e. The highest BCUT2D eigenvalue weighted by molar-refractivity contribution is 5.85. The van der Waals surface area contributed by atoms with Crippen LogP contribution in [0.5, 0.6) is 11.5 Å². The van der Waals surface area contributed by atoms with Gasteiger partial charge in [0.2, 0.25) is 0 Å². The molecule has 6 nitrogen and oxygen atoms in total. The van der Waals surface area contributed by atoms with Crippen LogP contribution in [0, 0.1) is 5.92 Å². The molecule has 2 unspecified atom stereocenters. The fraction of sp³-hybridized carbons (Fsp3) is 0.552. The van der Waals surface area contributed by atoms with Crippen molar-refractivity contribution in [3.63, 3.8) is 0 Å². The summed E-state index contributed by atoms with van der Waals surface area (Å²) in [6.45, 7) is 6.34. The normalized spacial score (nSPS) is 16.9. The number of carbonyl (C=O) groups is 1. The summed E-state index contributed by atoms with van der Waals surface area (Å²) in [4.78, 5) is 16.5. The van der Waals surface area contributed by atoms with Gasteiger partial charge in [0.05, 0.1) is 38.5 Å². The molecule has 1 amide bonds. The Hall–Kier alpha value is -3.02. The minimum absolute atomic E-state index is 0. The molecule has 236 valence electrons. The van der Waals surface area contributed by atoms with Crippen LogP contribution in [-0.2, 0) is 23.6 Å². The molecular formula is C29H37ClF6N2O4. The Bertz CT molecular complexity index is 1190. The fourth-order valence-electron chi connectivity index (χ4n) is 5.34. The number of fused-ring (bicyclic) bond motifs is 1. The van der Waals surface area contributed by atoms with Gasteiger partial charge in [0, 0.05) is 36.4 Å². The van der Waals surface area contributed by atoms with Gasteiger partial charge in [-0.15, -0.1) is 12.4 Å². The molecule has 3 rings (SSSR count). The van der Waals surface area contributed by atoms with Gasteiger partial charge in [-0.25, -0.2) is 4.79 Å². The maximum Gasteiger partial charge on any atom is 0.416 e. The summed E-state index contributed by atoms with van der Waals surface area (Å²) in [6, 6.07) is 3.95. The van der Waals surface area contributed by atoms with Gasteiger partial charge in [-0.3, -0.25) is 4.90 Å². The predicted octanol–water partition coefficient (Wildman–Crippen LogP) is 8.51. The lowest BCUT2D eigenvalue weighted by molar-refractivity contribution is -0.143. The average Bonchev–Trinajstić information content (AvgIpc) is 2.93. The summed E-state index contributed by atoms with van der Waals surface area (Å²) in [5, 5.41) is 0. The number of nitrogens with zero attached hydrogens (tertiary/aromatic N) is 2. The van der Waals surface area contributed by atoms with E-state index in [-0.39, 0.29) is 30.1 Å². The van der Waals surface area contributed by atoms with Gasteiger partial charge in [0.15, 0.2) is 11.5 Å². The molecule has 0 aromatic heterocycles. The van der Waals surface area contributed by atoms with Crippen LogP contribution in [0.15, 0.2) is 30.3 Å². The van der Waals surface area contributed by atoms with Gasteiger partial charge in [0.1, 0.15) is 0 Å². The lowest BCUT2D eigenvalue weighted by Crippen LogP contribution is -2.46. The first kappa shape index (κ1) is 35.2. The molecule has 0 N–H and O–H groups in total. The third kappa shape index (κ3) is 7.67. The lowest BCUT2D eigenvalue weighted by Gasteiger charge is -2.45. The van der Waals surface area contributed by atoms with Crippen molar-refractivity contribution in [1.29, 1.82) is 0 Å². The van der Waals surface area contributed by atoms with Crippen LogP contribution in [0.25, 0.3) is 0 Å². The van der Waals surface area contributed by atoms with E-state index in [1.807, 2.05) is 6.92 Å². The Labute approximate surface area is 248 Å². The Morgan fingerprint density at radius 2 is 1.45 bits per heavy atom. The second kappa shape index (κ2) is 14.0. The van der Waals surface area contributed by atoms with Crippen molar-refractivity contribution in [2.45, 2.75) is 71.0 Å². The molecule has 2 aromatic rings. The van der Waals surface area contributed by atoms with E-state index >= 15 is 0 Å². The van der Waals surface area contributed by atoms with Gasteiger partial charge in [-0.2, -0.15) is 26.3 Å². The number of rotatable bonds is 9. The van der Waals surface area contributed by atoms with Gasteiger partial charge in [0.25, 0.3) is 0 Å². The number of methoxy groups -OCH3 is 3. The van der Waals surface area contributed by atoms with Gasteiger partial charge in [-0.1, -0.05) is 26.7 Å². The van der Waals surface area contributed by atoms with Crippen molar-refractivity contribution in [1.82, 2.24) is 4.90 Å². The number of anilines is 1. The smallest absolute Gasteiger partial charge is 0.416 e. The van der Waals surface area contributed by atoms with Crippen molar-refractivity contribution in [3.8, 4) is 11.5 Å². The standard InChI is InChI=1S/C29H36F6N2O4.ClH/c1-7-18(8-2)15-36-17(3)9-23(22-13-25(39-4)26(40-5)14-24(22)36)37(27(38)41-6)16-19-10-20(28(30,31)32)12-21(11-19)29(33,34)35;/h10-14,17-18,23H,7-9,15-16H2,1-6H3;1H. The average molecular weight is 627 g/mol. The Morgan fingerprint density at radius 1 is 0.929 bits per heavy atom. The second-order valence-electron chi connectivity index (χ2n) is 10.2. The maximum absolute atomic E-state index is 13.6. The van der Waals surface area contributed by atoms with Gasteiger partial charge in [-0.05, 0) is 49.1 Å². The number of alkyl halides is 6. The van der Waals surface area contributed by atoms with Gasteiger partial charge >= 0.3 is 18.4 Å².